The van der Waals surface area contributed by atoms with E-state index in [1.807, 2.05) is 30.3 Å². The fourth-order valence-corrected chi connectivity index (χ4v) is 2.75. The average molecular weight is 308 g/mol. The number of rotatable bonds is 4. The zero-order chi connectivity index (χ0) is 16.4. The molecule has 0 radical (unpaired) electrons. The molecule has 23 heavy (non-hydrogen) atoms. The molecule has 1 aromatic heterocycles. The number of nitrogens with zero attached hydrogens (tertiary/aromatic N) is 1. The van der Waals surface area contributed by atoms with Gasteiger partial charge in [-0.15, -0.1) is 0 Å². The van der Waals surface area contributed by atoms with Gasteiger partial charge in [-0.25, -0.2) is 4.79 Å². The smallest absolute Gasteiger partial charge is 0.344 e. The van der Waals surface area contributed by atoms with Crippen molar-refractivity contribution in [1.29, 1.82) is 0 Å². The summed E-state index contributed by atoms with van der Waals surface area (Å²) in [5.41, 5.74) is 9.06. The number of nitrogen functional groups attached to an aromatic ring is 1. The molecule has 4 heteroatoms. The second kappa shape index (κ2) is 6.16. The highest BCUT2D eigenvalue weighted by Gasteiger charge is 2.10. The zero-order valence-corrected chi connectivity index (χ0v) is 13.4. The number of hydrogen-bond donors (Lipinski definition) is 1. The molecule has 0 amide bonds. The molecule has 3 rings (SSSR count). The second-order valence-electron chi connectivity index (χ2n) is 5.46. The number of hydrogen-bond acceptors (Lipinski definition) is 4. The Labute approximate surface area is 135 Å². The Hall–Kier alpha value is -2.75. The van der Waals surface area contributed by atoms with Gasteiger partial charge in [0, 0.05) is 35.9 Å². The van der Waals surface area contributed by atoms with Gasteiger partial charge >= 0.3 is 5.63 Å². The van der Waals surface area contributed by atoms with Crippen molar-refractivity contribution in [2.24, 2.45) is 0 Å². The third kappa shape index (κ3) is 2.93. The molecule has 1 heterocycles. The normalized spacial score (nSPS) is 10.9. The van der Waals surface area contributed by atoms with Crippen molar-refractivity contribution in [3.63, 3.8) is 0 Å². The Morgan fingerprint density at radius 1 is 1.00 bits per heavy atom. The van der Waals surface area contributed by atoms with Crippen LogP contribution in [0.5, 0.6) is 0 Å². The molecule has 0 atom stereocenters. The molecule has 2 N–H and O–H groups in total. The van der Waals surface area contributed by atoms with Crippen LogP contribution in [0.3, 0.4) is 0 Å². The van der Waals surface area contributed by atoms with E-state index in [2.05, 4.69) is 24.8 Å². The van der Waals surface area contributed by atoms with E-state index in [0.29, 0.717) is 16.8 Å². The first-order valence-corrected chi connectivity index (χ1v) is 7.81. The van der Waals surface area contributed by atoms with E-state index in [4.69, 9.17) is 10.2 Å². The highest BCUT2D eigenvalue weighted by atomic mass is 16.4. The Morgan fingerprint density at radius 2 is 1.70 bits per heavy atom. The van der Waals surface area contributed by atoms with Crippen molar-refractivity contribution < 1.29 is 4.42 Å². The molecule has 118 valence electrons. The lowest BCUT2D eigenvalue weighted by Gasteiger charge is -2.21. The first-order chi connectivity index (χ1) is 11.1. The van der Waals surface area contributed by atoms with E-state index in [1.165, 1.54) is 0 Å². The van der Waals surface area contributed by atoms with Crippen LogP contribution in [0.1, 0.15) is 13.8 Å². The molecular weight excluding hydrogens is 288 g/mol. The number of benzene rings is 2. The summed E-state index contributed by atoms with van der Waals surface area (Å²) in [6.07, 6.45) is 0. The zero-order valence-electron chi connectivity index (χ0n) is 13.4. The molecule has 3 aromatic rings. The predicted octanol–water partition coefficient (Wildman–Crippen LogP) is 3.89. The van der Waals surface area contributed by atoms with Gasteiger partial charge in [-0.05, 0) is 49.7 Å². The highest BCUT2D eigenvalue weighted by Crippen LogP contribution is 2.25. The monoisotopic (exact) mass is 308 g/mol. The average Bonchev–Trinajstić information content (AvgIpc) is 2.56. The van der Waals surface area contributed by atoms with Crippen LogP contribution in [0, 0.1) is 0 Å². The fourth-order valence-electron chi connectivity index (χ4n) is 2.75. The van der Waals surface area contributed by atoms with E-state index in [-0.39, 0.29) is 5.63 Å². The highest BCUT2D eigenvalue weighted by molar-refractivity contribution is 5.84. The van der Waals surface area contributed by atoms with Crippen LogP contribution in [0.25, 0.3) is 22.1 Å². The third-order valence-corrected chi connectivity index (χ3v) is 4.07. The Kier molecular flexibility index (Phi) is 4.06. The minimum atomic E-state index is -0.334. The number of fused-ring (bicyclic) bond motifs is 1. The van der Waals surface area contributed by atoms with Gasteiger partial charge in [-0.1, -0.05) is 12.1 Å². The summed E-state index contributed by atoms with van der Waals surface area (Å²) in [5.74, 6) is 0. The van der Waals surface area contributed by atoms with Crippen LogP contribution in [0.2, 0.25) is 0 Å². The summed E-state index contributed by atoms with van der Waals surface area (Å²) < 4.78 is 5.54. The topological polar surface area (TPSA) is 59.5 Å². The molecule has 4 nitrogen and oxygen atoms in total. The molecule has 0 bridgehead atoms. The molecule has 0 saturated carbocycles. The Balaban J connectivity index is 2.10. The van der Waals surface area contributed by atoms with E-state index < -0.39 is 0 Å². The standard InChI is InChI=1S/C19H20N2O2/c1-3-21(4-2)16-10-7-14-11-17(19(22)23-18(14)12-16)13-5-8-15(20)9-6-13/h5-12H,3-4,20H2,1-2H3. The first kappa shape index (κ1) is 15.2. The van der Waals surface area contributed by atoms with Gasteiger partial charge in [-0.2, -0.15) is 0 Å². The number of anilines is 2. The first-order valence-electron chi connectivity index (χ1n) is 7.81. The maximum absolute atomic E-state index is 12.3. The Bertz CT molecular complexity index is 878. The van der Waals surface area contributed by atoms with Gasteiger partial charge in [0.05, 0.1) is 5.56 Å². The summed E-state index contributed by atoms with van der Waals surface area (Å²) in [4.78, 5) is 14.5. The quantitative estimate of drug-likeness (QED) is 0.587. The largest absolute Gasteiger partial charge is 0.422 e. The van der Waals surface area contributed by atoms with Crippen LogP contribution in [-0.2, 0) is 0 Å². The minimum absolute atomic E-state index is 0.334. The van der Waals surface area contributed by atoms with Crippen LogP contribution in [-0.4, -0.2) is 13.1 Å². The van der Waals surface area contributed by atoms with Gasteiger partial charge in [0.1, 0.15) is 5.58 Å². The summed E-state index contributed by atoms with van der Waals surface area (Å²) in [6.45, 7) is 6.04. The molecule has 0 aliphatic rings. The molecular formula is C19H20N2O2. The van der Waals surface area contributed by atoms with Gasteiger partial charge in [0.25, 0.3) is 0 Å². The van der Waals surface area contributed by atoms with Crippen LogP contribution in [0.15, 0.2) is 57.7 Å². The van der Waals surface area contributed by atoms with Crippen LogP contribution in [0.4, 0.5) is 11.4 Å². The minimum Gasteiger partial charge on any atom is -0.422 e. The van der Waals surface area contributed by atoms with Gasteiger partial charge in [-0.3, -0.25) is 0 Å². The van der Waals surface area contributed by atoms with Crippen molar-refractivity contribution >= 4 is 22.3 Å². The maximum Gasteiger partial charge on any atom is 0.344 e. The van der Waals surface area contributed by atoms with Crippen molar-refractivity contribution in [3.05, 3.63) is 59.0 Å². The fraction of sp³-hybridized carbons (Fsp3) is 0.211. The SMILES string of the molecule is CCN(CC)c1ccc2cc(-c3ccc(N)cc3)c(=O)oc2c1. The molecule has 0 fully saturated rings. The lowest BCUT2D eigenvalue weighted by Crippen LogP contribution is -2.21. The van der Waals surface area contributed by atoms with Gasteiger partial charge in [0.2, 0.25) is 0 Å². The third-order valence-electron chi connectivity index (χ3n) is 4.07. The molecule has 0 saturated heterocycles. The summed E-state index contributed by atoms with van der Waals surface area (Å²) >= 11 is 0. The second-order valence-corrected chi connectivity index (χ2v) is 5.46. The molecule has 0 aliphatic carbocycles. The van der Waals surface area contributed by atoms with E-state index >= 15 is 0 Å². The van der Waals surface area contributed by atoms with Gasteiger partial charge in [0.15, 0.2) is 0 Å². The lowest BCUT2D eigenvalue weighted by atomic mass is 10.1. The van der Waals surface area contributed by atoms with E-state index in [1.54, 1.807) is 12.1 Å². The van der Waals surface area contributed by atoms with Crippen LogP contribution >= 0.6 is 0 Å². The Morgan fingerprint density at radius 3 is 2.35 bits per heavy atom. The molecule has 0 aliphatic heterocycles. The van der Waals surface area contributed by atoms with Crippen molar-refractivity contribution in [3.8, 4) is 11.1 Å². The van der Waals surface area contributed by atoms with E-state index in [9.17, 15) is 4.79 Å². The summed E-state index contributed by atoms with van der Waals surface area (Å²) in [7, 11) is 0. The van der Waals surface area contributed by atoms with E-state index in [0.717, 1.165) is 29.7 Å². The lowest BCUT2D eigenvalue weighted by molar-refractivity contribution is 0.563. The summed E-state index contributed by atoms with van der Waals surface area (Å²) in [5, 5.41) is 0.910. The van der Waals surface area contributed by atoms with Crippen molar-refractivity contribution in [2.75, 3.05) is 23.7 Å². The van der Waals surface area contributed by atoms with Gasteiger partial charge < -0.3 is 15.1 Å². The molecule has 0 unspecified atom stereocenters. The number of nitrogens with two attached hydrogens (primary N) is 1. The van der Waals surface area contributed by atoms with Crippen LogP contribution < -0.4 is 16.3 Å². The maximum atomic E-state index is 12.3. The van der Waals surface area contributed by atoms with Crippen molar-refractivity contribution in [2.45, 2.75) is 13.8 Å². The summed E-state index contributed by atoms with van der Waals surface area (Å²) in [6, 6.07) is 15.1. The predicted molar refractivity (Wildman–Crippen MR) is 95.9 cm³/mol. The van der Waals surface area contributed by atoms with Crippen molar-refractivity contribution in [1.82, 2.24) is 0 Å². The molecule has 2 aromatic carbocycles. The molecule has 0 spiro atoms.